The molecule has 4 heteroatoms. The fourth-order valence-electron chi connectivity index (χ4n) is 2.10. The van der Waals surface area contributed by atoms with E-state index in [1.165, 1.54) is 0 Å². The van der Waals surface area contributed by atoms with E-state index in [9.17, 15) is 5.26 Å². The van der Waals surface area contributed by atoms with Crippen molar-refractivity contribution in [2.45, 2.75) is 19.4 Å². The summed E-state index contributed by atoms with van der Waals surface area (Å²) in [7, 11) is 0. The highest BCUT2D eigenvalue weighted by Gasteiger charge is 2.38. The second-order valence-corrected chi connectivity index (χ2v) is 4.90. The van der Waals surface area contributed by atoms with Crippen molar-refractivity contribution in [2.24, 2.45) is 0 Å². The van der Waals surface area contributed by atoms with Crippen LogP contribution in [-0.4, -0.2) is 5.60 Å². The lowest BCUT2D eigenvalue weighted by Crippen LogP contribution is -2.20. The standard InChI is InChI=1S/C17H11N3O/c1-17(2)15(8-7-12-5-3-4-6-12)14(11-20)16(21-17)13(9-18)10-19/h3-5,7-8H,1-2H3/b8-7+. The number of hydrogen-bond acceptors (Lipinski definition) is 4. The number of ether oxygens (including phenoxy) is 1. The van der Waals surface area contributed by atoms with Crippen molar-refractivity contribution >= 4 is 0 Å². The van der Waals surface area contributed by atoms with E-state index in [1.807, 2.05) is 24.3 Å². The maximum absolute atomic E-state index is 9.35. The number of allylic oxidation sites excluding steroid dienone is 6. The summed E-state index contributed by atoms with van der Waals surface area (Å²) in [6.45, 7) is 3.58. The quantitative estimate of drug-likeness (QED) is 0.571. The van der Waals surface area contributed by atoms with Gasteiger partial charge < -0.3 is 4.74 Å². The minimum Gasteiger partial charge on any atom is -0.480 e. The van der Waals surface area contributed by atoms with E-state index in [2.05, 4.69) is 5.73 Å². The Labute approximate surface area is 123 Å². The maximum atomic E-state index is 9.35. The van der Waals surface area contributed by atoms with Gasteiger partial charge in [0.25, 0.3) is 0 Å². The lowest BCUT2D eigenvalue weighted by Gasteiger charge is -2.20. The van der Waals surface area contributed by atoms with E-state index in [-0.39, 0.29) is 16.9 Å². The van der Waals surface area contributed by atoms with Crippen molar-refractivity contribution in [2.75, 3.05) is 0 Å². The average molecular weight is 273 g/mol. The van der Waals surface area contributed by atoms with Crippen LogP contribution < -0.4 is 0 Å². The second kappa shape index (κ2) is 5.40. The SMILES string of the molecule is CC1(C)OC(=C(C#N)C#N)C(C#N)=C1/C=C/C1=C=CC=C1. The van der Waals surface area contributed by atoms with Crippen LogP contribution in [0.2, 0.25) is 0 Å². The van der Waals surface area contributed by atoms with Gasteiger partial charge >= 0.3 is 0 Å². The Morgan fingerprint density at radius 3 is 2.48 bits per heavy atom. The van der Waals surface area contributed by atoms with Crippen molar-refractivity contribution in [1.82, 2.24) is 0 Å². The van der Waals surface area contributed by atoms with E-state index >= 15 is 0 Å². The number of nitriles is 3. The minimum absolute atomic E-state index is 0.0543. The molecule has 100 valence electrons. The van der Waals surface area contributed by atoms with Crippen LogP contribution in [0.15, 0.2) is 64.2 Å². The molecule has 0 fully saturated rings. The monoisotopic (exact) mass is 273 g/mol. The Hall–Kier alpha value is -3.25. The molecule has 0 saturated carbocycles. The maximum Gasteiger partial charge on any atom is 0.172 e. The Morgan fingerprint density at radius 1 is 1.24 bits per heavy atom. The summed E-state index contributed by atoms with van der Waals surface area (Å²) in [5.41, 5.74) is 3.80. The molecule has 2 rings (SSSR count). The third-order valence-electron chi connectivity index (χ3n) is 3.12. The summed E-state index contributed by atoms with van der Waals surface area (Å²) in [4.78, 5) is 0. The van der Waals surface area contributed by atoms with Crippen molar-refractivity contribution in [3.05, 3.63) is 64.2 Å². The summed E-state index contributed by atoms with van der Waals surface area (Å²) >= 11 is 0. The van der Waals surface area contributed by atoms with Crippen LogP contribution in [0.25, 0.3) is 0 Å². The molecule has 0 saturated heterocycles. The zero-order chi connectivity index (χ0) is 15.5. The normalized spacial score (nSPS) is 18.2. The van der Waals surface area contributed by atoms with E-state index in [0.717, 1.165) is 5.57 Å². The minimum atomic E-state index is -0.775. The molecule has 1 heterocycles. The van der Waals surface area contributed by atoms with Gasteiger partial charge in [0.15, 0.2) is 11.3 Å². The first kappa shape index (κ1) is 14.2. The number of hydrogen-bond donors (Lipinski definition) is 0. The Bertz CT molecular complexity index is 790. The van der Waals surface area contributed by atoms with Gasteiger partial charge in [-0.25, -0.2) is 0 Å². The Kier molecular flexibility index (Phi) is 3.64. The van der Waals surface area contributed by atoms with E-state index in [4.69, 9.17) is 15.3 Å². The van der Waals surface area contributed by atoms with E-state index in [0.29, 0.717) is 5.57 Å². The van der Waals surface area contributed by atoms with Gasteiger partial charge in [0.05, 0.1) is 0 Å². The predicted molar refractivity (Wildman–Crippen MR) is 75.9 cm³/mol. The molecule has 0 aromatic heterocycles. The average Bonchev–Trinajstić information content (AvgIpc) is 3.04. The summed E-state index contributed by atoms with van der Waals surface area (Å²) in [6, 6.07) is 5.56. The molecule has 2 aliphatic rings. The highest BCUT2D eigenvalue weighted by molar-refractivity contribution is 5.60. The molecule has 0 spiro atoms. The summed E-state index contributed by atoms with van der Waals surface area (Å²) in [6.07, 6.45) is 9.14. The van der Waals surface area contributed by atoms with Crippen LogP contribution >= 0.6 is 0 Å². The highest BCUT2D eigenvalue weighted by Crippen LogP contribution is 2.40. The van der Waals surface area contributed by atoms with Gasteiger partial charge in [0.2, 0.25) is 0 Å². The van der Waals surface area contributed by atoms with Crippen LogP contribution in [0.1, 0.15) is 13.8 Å². The first-order valence-corrected chi connectivity index (χ1v) is 6.23. The molecule has 1 aliphatic carbocycles. The van der Waals surface area contributed by atoms with Gasteiger partial charge in [0, 0.05) is 11.1 Å². The third kappa shape index (κ3) is 2.56. The molecule has 0 unspecified atom stereocenters. The third-order valence-corrected chi connectivity index (χ3v) is 3.12. The molecule has 0 N–H and O–H groups in total. The molecular weight excluding hydrogens is 262 g/mol. The Morgan fingerprint density at radius 2 is 1.95 bits per heavy atom. The molecule has 0 atom stereocenters. The number of rotatable bonds is 2. The number of nitrogens with zero attached hydrogens (tertiary/aromatic N) is 3. The van der Waals surface area contributed by atoms with Crippen LogP contribution in [0.3, 0.4) is 0 Å². The molecule has 0 bridgehead atoms. The van der Waals surface area contributed by atoms with E-state index in [1.54, 1.807) is 38.1 Å². The second-order valence-electron chi connectivity index (χ2n) is 4.90. The van der Waals surface area contributed by atoms with Crippen molar-refractivity contribution in [1.29, 1.82) is 15.8 Å². The van der Waals surface area contributed by atoms with E-state index < -0.39 is 5.60 Å². The topological polar surface area (TPSA) is 80.6 Å². The lowest BCUT2D eigenvalue weighted by molar-refractivity contribution is 0.0954. The van der Waals surface area contributed by atoms with Crippen LogP contribution in [-0.2, 0) is 4.74 Å². The van der Waals surface area contributed by atoms with Gasteiger partial charge in [-0.15, -0.1) is 5.73 Å². The van der Waals surface area contributed by atoms with Crippen molar-refractivity contribution in [3.63, 3.8) is 0 Å². The fraction of sp³-hybridized carbons (Fsp3) is 0.176. The molecule has 0 radical (unpaired) electrons. The molecule has 4 nitrogen and oxygen atoms in total. The van der Waals surface area contributed by atoms with Gasteiger partial charge in [-0.2, -0.15) is 15.8 Å². The van der Waals surface area contributed by atoms with Gasteiger partial charge in [-0.1, -0.05) is 12.2 Å². The van der Waals surface area contributed by atoms with Crippen LogP contribution in [0.4, 0.5) is 0 Å². The summed E-state index contributed by atoms with van der Waals surface area (Å²) in [5.74, 6) is 0.0543. The van der Waals surface area contributed by atoms with Crippen LogP contribution in [0, 0.1) is 34.0 Å². The largest absolute Gasteiger partial charge is 0.480 e. The first-order chi connectivity index (χ1) is 10.0. The Balaban J connectivity index is 2.57. The molecule has 0 amide bonds. The van der Waals surface area contributed by atoms with Gasteiger partial charge in [-0.3, -0.25) is 0 Å². The smallest absolute Gasteiger partial charge is 0.172 e. The molecule has 21 heavy (non-hydrogen) atoms. The van der Waals surface area contributed by atoms with Gasteiger partial charge in [0.1, 0.15) is 29.4 Å². The zero-order valence-electron chi connectivity index (χ0n) is 11.6. The lowest BCUT2D eigenvalue weighted by atomic mass is 9.94. The van der Waals surface area contributed by atoms with Crippen molar-refractivity contribution in [3.8, 4) is 18.2 Å². The molecule has 1 aliphatic heterocycles. The highest BCUT2D eigenvalue weighted by atomic mass is 16.5. The molecule has 0 aromatic rings. The van der Waals surface area contributed by atoms with Crippen LogP contribution in [0.5, 0.6) is 0 Å². The summed E-state index contributed by atoms with van der Waals surface area (Å²) in [5, 5.41) is 27.3. The summed E-state index contributed by atoms with van der Waals surface area (Å²) < 4.78 is 5.66. The van der Waals surface area contributed by atoms with Gasteiger partial charge in [-0.05, 0) is 32.1 Å². The predicted octanol–water partition coefficient (Wildman–Crippen LogP) is 3.12. The zero-order valence-corrected chi connectivity index (χ0v) is 11.6. The van der Waals surface area contributed by atoms with Crippen molar-refractivity contribution < 1.29 is 4.74 Å². The molecular formula is C17H11N3O. The molecule has 0 aromatic carbocycles. The first-order valence-electron chi connectivity index (χ1n) is 6.23. The fourth-order valence-corrected chi connectivity index (χ4v) is 2.10.